The van der Waals surface area contributed by atoms with Crippen LogP contribution < -0.4 is 20.3 Å². The molecule has 0 unspecified atom stereocenters. The number of halogens is 2. The van der Waals surface area contributed by atoms with Crippen LogP contribution in [-0.4, -0.2) is 27.8 Å². The fraction of sp³-hybridized carbons (Fsp3) is 0.100. The first-order chi connectivity index (χ1) is 15.6. The van der Waals surface area contributed by atoms with Crippen molar-refractivity contribution in [1.29, 1.82) is 0 Å². The number of hydrogen-bond acceptors (Lipinski definition) is 6. The van der Waals surface area contributed by atoms with Gasteiger partial charge >= 0.3 is 7.82 Å². The van der Waals surface area contributed by atoms with Gasteiger partial charge in [-0.2, -0.15) is 0 Å². The summed E-state index contributed by atoms with van der Waals surface area (Å²) < 4.78 is 39.7. The van der Waals surface area contributed by atoms with Gasteiger partial charge in [-0.25, -0.2) is 8.96 Å². The molecule has 3 rings (SSSR count). The van der Waals surface area contributed by atoms with Crippen molar-refractivity contribution in [3.05, 3.63) is 81.0 Å². The van der Waals surface area contributed by atoms with Gasteiger partial charge in [0.25, 0.3) is 11.5 Å². The highest BCUT2D eigenvalue weighted by Gasteiger charge is 2.21. The third-order valence-electron chi connectivity index (χ3n) is 4.22. The molecule has 0 aliphatic heterocycles. The van der Waals surface area contributed by atoms with Gasteiger partial charge in [0, 0.05) is 17.3 Å². The molecule has 1 aromatic heterocycles. The molecular formula is C20H17ClFN2O8P. The van der Waals surface area contributed by atoms with E-state index in [9.17, 15) is 18.5 Å². The number of phosphoric acid groups is 1. The van der Waals surface area contributed by atoms with Gasteiger partial charge in [-0.15, -0.1) is 0 Å². The molecule has 0 radical (unpaired) electrons. The lowest BCUT2D eigenvalue weighted by molar-refractivity contribution is 0.102. The summed E-state index contributed by atoms with van der Waals surface area (Å²) in [5.41, 5.74) is -1.04. The van der Waals surface area contributed by atoms with E-state index in [-0.39, 0.29) is 39.1 Å². The summed E-state index contributed by atoms with van der Waals surface area (Å²) in [6.45, 7) is -0.762. The Hall–Kier alpha value is -3.21. The molecule has 0 spiro atoms. The molecular weight excluding hydrogens is 482 g/mol. The van der Waals surface area contributed by atoms with Crippen molar-refractivity contribution in [2.45, 2.75) is 6.61 Å². The number of aromatic nitrogens is 1. The quantitative estimate of drug-likeness (QED) is 0.343. The van der Waals surface area contributed by atoms with Gasteiger partial charge in [0.05, 0.1) is 30.5 Å². The standard InChI is InChI=1S/C20H17ClFN2O8P/c1-30-18-9-12(22)3-5-17(18)32-16-4-2-11(21)8-13(16)20(26)24-15-6-7-23-19(25)14(15)10-31-33(27,28)29/h2-9H,10H2,1H3,(H2,27,28,29)(H2,23,24,25,26). The minimum atomic E-state index is -4.87. The van der Waals surface area contributed by atoms with Gasteiger partial charge in [0.15, 0.2) is 11.5 Å². The molecule has 3 aromatic rings. The Labute approximate surface area is 191 Å². The van der Waals surface area contributed by atoms with Crippen molar-refractivity contribution in [3.63, 3.8) is 0 Å². The highest BCUT2D eigenvalue weighted by atomic mass is 35.5. The van der Waals surface area contributed by atoms with Crippen LogP contribution in [0.5, 0.6) is 17.2 Å². The fourth-order valence-electron chi connectivity index (χ4n) is 2.72. The third kappa shape index (κ3) is 6.41. The van der Waals surface area contributed by atoms with E-state index in [0.717, 1.165) is 12.1 Å². The Morgan fingerprint density at radius 2 is 1.88 bits per heavy atom. The average Bonchev–Trinajstić information content (AvgIpc) is 2.74. The van der Waals surface area contributed by atoms with E-state index >= 15 is 0 Å². The molecule has 1 amide bonds. The van der Waals surface area contributed by atoms with Crippen LogP contribution in [0.2, 0.25) is 5.02 Å². The maximum atomic E-state index is 13.5. The van der Waals surface area contributed by atoms with Crippen LogP contribution in [-0.2, 0) is 15.7 Å². The Kier molecular flexibility index (Phi) is 7.52. The number of aromatic amines is 1. The highest BCUT2D eigenvalue weighted by molar-refractivity contribution is 7.46. The smallest absolute Gasteiger partial charge is 0.469 e. The second kappa shape index (κ2) is 10.2. The zero-order valence-corrected chi connectivity index (χ0v) is 18.5. The molecule has 10 nitrogen and oxygen atoms in total. The number of rotatable bonds is 8. The predicted octanol–water partition coefficient (Wildman–Crippen LogP) is 3.83. The minimum absolute atomic E-state index is 0.0414. The molecule has 0 fully saturated rings. The first-order valence-corrected chi connectivity index (χ1v) is 11.0. The number of carbonyl (C=O) groups excluding carboxylic acids is 1. The van der Waals surface area contributed by atoms with E-state index in [0.29, 0.717) is 0 Å². The van der Waals surface area contributed by atoms with Crippen LogP contribution in [0.1, 0.15) is 15.9 Å². The number of benzene rings is 2. The van der Waals surface area contributed by atoms with Crippen molar-refractivity contribution in [3.8, 4) is 17.2 Å². The Morgan fingerprint density at radius 3 is 2.58 bits per heavy atom. The van der Waals surface area contributed by atoms with Crippen molar-refractivity contribution < 1.29 is 37.5 Å². The maximum absolute atomic E-state index is 13.5. The molecule has 174 valence electrons. The monoisotopic (exact) mass is 498 g/mol. The first kappa shape index (κ1) is 24.4. The van der Waals surface area contributed by atoms with Gasteiger partial charge in [0.2, 0.25) is 0 Å². The molecule has 1 heterocycles. The lowest BCUT2D eigenvalue weighted by atomic mass is 10.1. The number of carbonyl (C=O) groups is 1. The van der Waals surface area contributed by atoms with Crippen LogP contribution >= 0.6 is 19.4 Å². The number of H-pyrrole nitrogens is 1. The SMILES string of the molecule is COc1cc(F)ccc1Oc1ccc(Cl)cc1C(=O)Nc1cc[nH]c(=O)c1COP(=O)(O)O. The van der Waals surface area contributed by atoms with E-state index < -0.39 is 31.7 Å². The van der Waals surface area contributed by atoms with Crippen molar-refractivity contribution in [1.82, 2.24) is 4.98 Å². The van der Waals surface area contributed by atoms with Crippen LogP contribution in [0, 0.1) is 5.82 Å². The molecule has 13 heteroatoms. The number of hydrogen-bond donors (Lipinski definition) is 4. The predicted molar refractivity (Wildman–Crippen MR) is 116 cm³/mol. The maximum Gasteiger partial charge on any atom is 0.469 e. The van der Waals surface area contributed by atoms with E-state index in [2.05, 4.69) is 14.8 Å². The van der Waals surface area contributed by atoms with E-state index in [4.69, 9.17) is 30.9 Å². The highest BCUT2D eigenvalue weighted by Crippen LogP contribution is 2.38. The number of anilines is 1. The van der Waals surface area contributed by atoms with Crippen LogP contribution in [0.15, 0.2) is 53.5 Å². The van der Waals surface area contributed by atoms with Crippen molar-refractivity contribution in [2.24, 2.45) is 0 Å². The van der Waals surface area contributed by atoms with Crippen LogP contribution in [0.3, 0.4) is 0 Å². The van der Waals surface area contributed by atoms with E-state index in [1.54, 1.807) is 0 Å². The normalized spacial score (nSPS) is 11.2. The van der Waals surface area contributed by atoms with Gasteiger partial charge in [-0.3, -0.25) is 14.1 Å². The molecule has 4 N–H and O–H groups in total. The topological polar surface area (TPSA) is 147 Å². The number of nitrogens with one attached hydrogen (secondary N) is 2. The summed E-state index contributed by atoms with van der Waals surface area (Å²) >= 11 is 6.03. The first-order valence-electron chi connectivity index (χ1n) is 9.10. The Bertz CT molecular complexity index is 1290. The molecule has 0 aliphatic carbocycles. The number of amides is 1. The second-order valence-corrected chi connectivity index (χ2v) is 8.13. The number of phosphoric ester groups is 1. The number of methoxy groups -OCH3 is 1. The van der Waals surface area contributed by atoms with E-state index in [1.807, 2.05) is 0 Å². The molecule has 0 aliphatic rings. The molecule has 2 aromatic carbocycles. The number of pyridine rings is 1. The summed E-state index contributed by atoms with van der Waals surface area (Å²) in [5, 5.41) is 2.68. The summed E-state index contributed by atoms with van der Waals surface area (Å²) in [5.74, 6) is -1.05. The molecule has 33 heavy (non-hydrogen) atoms. The Morgan fingerprint density at radius 1 is 1.15 bits per heavy atom. The zero-order chi connectivity index (χ0) is 24.2. The van der Waals surface area contributed by atoms with Crippen molar-refractivity contribution in [2.75, 3.05) is 12.4 Å². The Balaban J connectivity index is 1.93. The lowest BCUT2D eigenvalue weighted by Crippen LogP contribution is -2.20. The number of ether oxygens (including phenoxy) is 2. The largest absolute Gasteiger partial charge is 0.493 e. The molecule has 0 saturated heterocycles. The van der Waals surface area contributed by atoms with Gasteiger partial charge < -0.3 is 29.6 Å². The fourth-order valence-corrected chi connectivity index (χ4v) is 3.19. The average molecular weight is 499 g/mol. The van der Waals surface area contributed by atoms with Crippen molar-refractivity contribution >= 4 is 31.0 Å². The third-order valence-corrected chi connectivity index (χ3v) is 4.92. The summed E-state index contributed by atoms with van der Waals surface area (Å²) in [6.07, 6.45) is 1.23. The van der Waals surface area contributed by atoms with E-state index in [1.165, 1.54) is 43.6 Å². The van der Waals surface area contributed by atoms with Crippen LogP contribution in [0.4, 0.5) is 10.1 Å². The molecule has 0 atom stereocenters. The van der Waals surface area contributed by atoms with Gasteiger partial charge in [-0.1, -0.05) is 11.6 Å². The van der Waals surface area contributed by atoms with Gasteiger partial charge in [-0.05, 0) is 36.4 Å². The molecule has 0 bridgehead atoms. The molecule has 0 saturated carbocycles. The zero-order valence-electron chi connectivity index (χ0n) is 16.9. The summed E-state index contributed by atoms with van der Waals surface area (Å²) in [6, 6.07) is 9.07. The second-order valence-electron chi connectivity index (χ2n) is 6.45. The van der Waals surface area contributed by atoms with Gasteiger partial charge in [0.1, 0.15) is 11.6 Å². The minimum Gasteiger partial charge on any atom is -0.493 e. The summed E-state index contributed by atoms with van der Waals surface area (Å²) in [4.78, 5) is 45.3. The van der Waals surface area contributed by atoms with Crippen LogP contribution in [0.25, 0.3) is 0 Å². The lowest BCUT2D eigenvalue weighted by Gasteiger charge is -2.15. The summed E-state index contributed by atoms with van der Waals surface area (Å²) in [7, 11) is -3.54.